The second-order valence-corrected chi connectivity index (χ2v) is 7.93. The molecule has 0 aliphatic carbocycles. The number of carbonyl (C=O) groups is 1. The molecule has 23 heavy (non-hydrogen) atoms. The van der Waals surface area contributed by atoms with Crippen molar-refractivity contribution >= 4 is 5.91 Å². The van der Waals surface area contributed by atoms with Crippen LogP contribution in [0.3, 0.4) is 0 Å². The number of methoxy groups -OCH3 is 1. The Morgan fingerprint density at radius 2 is 1.83 bits per heavy atom. The van der Waals surface area contributed by atoms with Crippen LogP contribution in [-0.4, -0.2) is 35.6 Å². The molecule has 0 aromatic carbocycles. The van der Waals surface area contributed by atoms with Gasteiger partial charge >= 0.3 is 0 Å². The molecule has 1 rings (SSSR count). The van der Waals surface area contributed by atoms with Gasteiger partial charge in [0.05, 0.1) is 11.8 Å². The fraction of sp³-hybridized carbons (Fsp3) is 0.706. The van der Waals surface area contributed by atoms with Crippen molar-refractivity contribution in [3.8, 4) is 0 Å². The SMILES string of the molecule is CO[C@H](CNC(=O)c1c(C)nc(C(C)(C)C)[nH]c1=O)C(C)(C)C. The quantitative estimate of drug-likeness (QED) is 0.889. The van der Waals surface area contributed by atoms with Gasteiger partial charge in [0.2, 0.25) is 0 Å². The zero-order valence-corrected chi connectivity index (χ0v) is 15.5. The zero-order chi connectivity index (χ0) is 18.0. The van der Waals surface area contributed by atoms with Crippen LogP contribution in [0.5, 0.6) is 0 Å². The van der Waals surface area contributed by atoms with E-state index in [0.717, 1.165) is 0 Å². The predicted octanol–water partition coefficient (Wildman–Crippen LogP) is 2.17. The van der Waals surface area contributed by atoms with Crippen LogP contribution >= 0.6 is 0 Å². The second kappa shape index (κ2) is 6.83. The number of nitrogens with one attached hydrogen (secondary N) is 2. The van der Waals surface area contributed by atoms with Crippen LogP contribution in [0, 0.1) is 12.3 Å². The molecule has 6 nitrogen and oxygen atoms in total. The van der Waals surface area contributed by atoms with Crippen molar-refractivity contribution in [2.75, 3.05) is 13.7 Å². The average Bonchev–Trinajstić information content (AvgIpc) is 2.35. The molecule has 130 valence electrons. The number of hydrogen-bond donors (Lipinski definition) is 2. The number of aromatic amines is 1. The Labute approximate surface area is 138 Å². The summed E-state index contributed by atoms with van der Waals surface area (Å²) in [6, 6.07) is 0. The highest BCUT2D eigenvalue weighted by molar-refractivity contribution is 5.94. The molecule has 0 spiro atoms. The lowest BCUT2D eigenvalue weighted by molar-refractivity contribution is 0.0175. The molecule has 0 radical (unpaired) electrons. The Hall–Kier alpha value is -1.69. The summed E-state index contributed by atoms with van der Waals surface area (Å²) in [5.74, 6) is 0.143. The molecule has 6 heteroatoms. The highest BCUT2D eigenvalue weighted by atomic mass is 16.5. The lowest BCUT2D eigenvalue weighted by Crippen LogP contribution is -2.42. The number of amides is 1. The third kappa shape index (κ3) is 4.89. The molecule has 0 fully saturated rings. The summed E-state index contributed by atoms with van der Waals surface area (Å²) >= 11 is 0. The largest absolute Gasteiger partial charge is 0.379 e. The molecular weight excluding hydrogens is 294 g/mol. The van der Waals surface area contributed by atoms with E-state index in [2.05, 4.69) is 15.3 Å². The number of ether oxygens (including phenoxy) is 1. The molecule has 0 aliphatic heterocycles. The Morgan fingerprint density at radius 1 is 1.26 bits per heavy atom. The van der Waals surface area contributed by atoms with Crippen molar-refractivity contribution in [1.29, 1.82) is 0 Å². The van der Waals surface area contributed by atoms with Crippen molar-refractivity contribution in [2.24, 2.45) is 5.41 Å². The lowest BCUT2D eigenvalue weighted by atomic mass is 9.89. The summed E-state index contributed by atoms with van der Waals surface area (Å²) in [5, 5.41) is 2.77. The van der Waals surface area contributed by atoms with Crippen molar-refractivity contribution in [3.63, 3.8) is 0 Å². The van der Waals surface area contributed by atoms with E-state index in [-0.39, 0.29) is 22.5 Å². The van der Waals surface area contributed by atoms with Gasteiger partial charge in [0.15, 0.2) is 0 Å². The number of hydrogen-bond acceptors (Lipinski definition) is 4. The van der Waals surface area contributed by atoms with E-state index in [0.29, 0.717) is 18.1 Å². The van der Waals surface area contributed by atoms with Crippen LogP contribution in [0.15, 0.2) is 4.79 Å². The van der Waals surface area contributed by atoms with E-state index in [9.17, 15) is 9.59 Å². The molecule has 0 unspecified atom stereocenters. The van der Waals surface area contributed by atoms with Gasteiger partial charge in [0.25, 0.3) is 11.5 Å². The molecule has 0 saturated heterocycles. The minimum atomic E-state index is -0.428. The molecule has 0 saturated carbocycles. The van der Waals surface area contributed by atoms with Crippen molar-refractivity contribution in [1.82, 2.24) is 15.3 Å². The van der Waals surface area contributed by atoms with E-state index in [4.69, 9.17) is 4.74 Å². The molecule has 2 N–H and O–H groups in total. The van der Waals surface area contributed by atoms with Gasteiger partial charge in [-0.3, -0.25) is 9.59 Å². The first-order valence-corrected chi connectivity index (χ1v) is 7.80. The van der Waals surface area contributed by atoms with Gasteiger partial charge in [-0.2, -0.15) is 0 Å². The number of carbonyl (C=O) groups excluding carboxylic acids is 1. The molecular formula is C17H29N3O3. The summed E-state index contributed by atoms with van der Waals surface area (Å²) in [6.45, 7) is 14.0. The Balaban J connectivity index is 3.00. The van der Waals surface area contributed by atoms with Gasteiger partial charge in [-0.25, -0.2) is 4.98 Å². The van der Waals surface area contributed by atoms with E-state index in [1.807, 2.05) is 41.5 Å². The third-order valence-electron chi connectivity index (χ3n) is 3.74. The van der Waals surface area contributed by atoms with Gasteiger partial charge in [-0.15, -0.1) is 0 Å². The lowest BCUT2D eigenvalue weighted by Gasteiger charge is -2.29. The van der Waals surface area contributed by atoms with E-state index < -0.39 is 11.5 Å². The maximum atomic E-state index is 12.4. The van der Waals surface area contributed by atoms with Gasteiger partial charge in [0.1, 0.15) is 11.4 Å². The van der Waals surface area contributed by atoms with Gasteiger partial charge in [0, 0.05) is 19.1 Å². The first-order valence-electron chi connectivity index (χ1n) is 7.80. The second-order valence-electron chi connectivity index (χ2n) is 7.93. The molecule has 1 heterocycles. The maximum Gasteiger partial charge on any atom is 0.264 e. The van der Waals surface area contributed by atoms with Crippen molar-refractivity contribution < 1.29 is 9.53 Å². The van der Waals surface area contributed by atoms with Gasteiger partial charge < -0.3 is 15.0 Å². The summed E-state index contributed by atoms with van der Waals surface area (Å²) in [5.41, 5.74) is -0.322. The van der Waals surface area contributed by atoms with Crippen LogP contribution in [0.1, 0.15) is 63.4 Å². The first kappa shape index (κ1) is 19.4. The van der Waals surface area contributed by atoms with Crippen LogP contribution in [0.2, 0.25) is 0 Å². The predicted molar refractivity (Wildman–Crippen MR) is 90.9 cm³/mol. The summed E-state index contributed by atoms with van der Waals surface area (Å²) in [4.78, 5) is 31.7. The van der Waals surface area contributed by atoms with Crippen LogP contribution < -0.4 is 10.9 Å². The van der Waals surface area contributed by atoms with Crippen LogP contribution in [0.25, 0.3) is 0 Å². The topological polar surface area (TPSA) is 84.1 Å². The summed E-state index contributed by atoms with van der Waals surface area (Å²) in [7, 11) is 1.61. The summed E-state index contributed by atoms with van der Waals surface area (Å²) < 4.78 is 5.41. The highest BCUT2D eigenvalue weighted by Gasteiger charge is 2.26. The Morgan fingerprint density at radius 3 is 2.22 bits per heavy atom. The van der Waals surface area contributed by atoms with E-state index in [1.165, 1.54) is 0 Å². The number of nitrogens with zero attached hydrogens (tertiary/aromatic N) is 1. The van der Waals surface area contributed by atoms with E-state index in [1.54, 1.807) is 14.0 Å². The highest BCUT2D eigenvalue weighted by Crippen LogP contribution is 2.21. The van der Waals surface area contributed by atoms with Crippen LogP contribution in [-0.2, 0) is 10.2 Å². The van der Waals surface area contributed by atoms with E-state index >= 15 is 0 Å². The number of aromatic nitrogens is 2. The smallest absolute Gasteiger partial charge is 0.264 e. The monoisotopic (exact) mass is 323 g/mol. The molecule has 0 aliphatic rings. The molecule has 1 atom stereocenters. The maximum absolute atomic E-state index is 12.4. The van der Waals surface area contributed by atoms with Gasteiger partial charge in [-0.1, -0.05) is 41.5 Å². The average molecular weight is 323 g/mol. The third-order valence-corrected chi connectivity index (χ3v) is 3.74. The Kier molecular flexibility index (Phi) is 5.74. The fourth-order valence-electron chi connectivity index (χ4n) is 2.23. The number of rotatable bonds is 4. The van der Waals surface area contributed by atoms with Crippen molar-refractivity contribution in [3.05, 3.63) is 27.4 Å². The molecule has 0 bridgehead atoms. The summed E-state index contributed by atoms with van der Waals surface area (Å²) in [6.07, 6.45) is -0.146. The number of aryl methyl sites for hydroxylation is 1. The minimum Gasteiger partial charge on any atom is -0.379 e. The molecule has 1 aromatic heterocycles. The zero-order valence-electron chi connectivity index (χ0n) is 15.5. The van der Waals surface area contributed by atoms with Crippen molar-refractivity contribution in [2.45, 2.75) is 60.0 Å². The standard InChI is InChI=1S/C17H29N3O3/c1-10-12(14(22)20-15(19-10)17(5,6)7)13(21)18-9-11(23-8)16(2,3)4/h11H,9H2,1-8H3,(H,18,21)(H,19,20,22)/t11-/m1/s1. The van der Waals surface area contributed by atoms with Gasteiger partial charge in [-0.05, 0) is 12.3 Å². The minimum absolute atomic E-state index is 0.0572. The normalized spacial score (nSPS) is 13.7. The molecule has 1 amide bonds. The van der Waals surface area contributed by atoms with Crippen LogP contribution in [0.4, 0.5) is 0 Å². The molecule has 1 aromatic rings. The Bertz CT molecular complexity index is 621. The first-order chi connectivity index (χ1) is 10.4. The number of H-pyrrole nitrogens is 1. The fourth-order valence-corrected chi connectivity index (χ4v) is 2.23.